The van der Waals surface area contributed by atoms with Crippen molar-refractivity contribution in [1.29, 1.82) is 0 Å². The average Bonchev–Trinajstić information content (AvgIpc) is 2.95. The van der Waals surface area contributed by atoms with Crippen molar-refractivity contribution in [1.82, 2.24) is 25.9 Å². The summed E-state index contributed by atoms with van der Waals surface area (Å²) in [5.41, 5.74) is 7.44. The topological polar surface area (TPSA) is 57.5 Å². The zero-order valence-electron chi connectivity index (χ0n) is 9.93. The van der Waals surface area contributed by atoms with E-state index in [1.165, 1.54) is 0 Å². The number of amidine groups is 1. The molecule has 0 spiro atoms. The molecule has 98 valence electrons. The second-order valence-electron chi connectivity index (χ2n) is 3.96. The highest BCUT2D eigenvalue weighted by Gasteiger charge is 2.21. The van der Waals surface area contributed by atoms with E-state index in [0.29, 0.717) is 0 Å². The summed E-state index contributed by atoms with van der Waals surface area (Å²) in [6, 6.07) is 7.93. The lowest BCUT2D eigenvalue weighted by Crippen LogP contribution is -2.37. The molecule has 1 aromatic heterocycles. The number of hydrogen-bond donors (Lipinski definition) is 2. The van der Waals surface area contributed by atoms with Gasteiger partial charge in [0.2, 0.25) is 0 Å². The summed E-state index contributed by atoms with van der Waals surface area (Å²) in [7, 11) is 1.88. The van der Waals surface area contributed by atoms with Gasteiger partial charge in [-0.1, -0.05) is 22.0 Å². The highest BCUT2D eigenvalue weighted by molar-refractivity contribution is 9.10. The zero-order chi connectivity index (χ0) is 13.4. The van der Waals surface area contributed by atoms with Gasteiger partial charge < -0.3 is 0 Å². The van der Waals surface area contributed by atoms with Crippen LogP contribution in [0.1, 0.15) is 5.56 Å². The van der Waals surface area contributed by atoms with Crippen LogP contribution in [0.25, 0.3) is 5.69 Å². The van der Waals surface area contributed by atoms with Crippen LogP contribution in [0.3, 0.4) is 0 Å². The van der Waals surface area contributed by atoms with Crippen molar-refractivity contribution in [2.24, 2.45) is 5.10 Å². The Balaban J connectivity index is 2.04. The van der Waals surface area contributed by atoms with Gasteiger partial charge in [-0.05, 0) is 34.1 Å². The normalized spacial score (nSPS) is 14.5. The van der Waals surface area contributed by atoms with Crippen molar-refractivity contribution < 1.29 is 0 Å². The largest absolute Gasteiger partial charge is 0.274 e. The van der Waals surface area contributed by atoms with E-state index in [1.54, 1.807) is 11.2 Å². The number of benzene rings is 1. The summed E-state index contributed by atoms with van der Waals surface area (Å²) in [6.45, 7) is 0. The van der Waals surface area contributed by atoms with E-state index in [2.05, 4.69) is 53.1 Å². The smallest absolute Gasteiger partial charge is 0.177 e. The van der Waals surface area contributed by atoms with Crippen LogP contribution in [0.2, 0.25) is 0 Å². The van der Waals surface area contributed by atoms with Gasteiger partial charge in [-0.2, -0.15) is 5.10 Å². The fourth-order valence-corrected chi connectivity index (χ4v) is 2.76. The summed E-state index contributed by atoms with van der Waals surface area (Å²) in [5, 5.41) is 10.3. The fraction of sp³-hybridized carbons (Fsp3) is 0.0909. The first-order valence-corrected chi connectivity index (χ1v) is 7.07. The molecule has 0 saturated heterocycles. The van der Waals surface area contributed by atoms with Crippen LogP contribution >= 0.6 is 31.9 Å². The number of aromatic nitrogens is 2. The molecule has 0 fully saturated rings. The summed E-state index contributed by atoms with van der Waals surface area (Å²) in [5.74, 6) is 0.771. The van der Waals surface area contributed by atoms with Crippen molar-refractivity contribution in [3.63, 3.8) is 0 Å². The van der Waals surface area contributed by atoms with E-state index in [9.17, 15) is 0 Å². The van der Waals surface area contributed by atoms with Gasteiger partial charge in [0.15, 0.2) is 5.84 Å². The molecule has 8 heteroatoms. The van der Waals surface area contributed by atoms with E-state index < -0.39 is 0 Å². The maximum atomic E-state index is 4.39. The molecular weight excluding hydrogens is 376 g/mol. The zero-order valence-corrected chi connectivity index (χ0v) is 13.1. The molecule has 0 saturated carbocycles. The molecule has 3 rings (SSSR count). The third kappa shape index (κ3) is 2.26. The lowest BCUT2D eigenvalue weighted by molar-refractivity contribution is 0.349. The van der Waals surface area contributed by atoms with Gasteiger partial charge >= 0.3 is 0 Å². The van der Waals surface area contributed by atoms with E-state index in [0.717, 1.165) is 26.2 Å². The number of nitrogens with zero attached hydrogens (tertiary/aromatic N) is 4. The predicted octanol–water partition coefficient (Wildman–Crippen LogP) is 2.01. The third-order valence-electron chi connectivity index (χ3n) is 2.70. The van der Waals surface area contributed by atoms with Crippen molar-refractivity contribution in [2.75, 3.05) is 7.05 Å². The summed E-state index contributed by atoms with van der Waals surface area (Å²) in [4.78, 5) is 0. The fourth-order valence-electron chi connectivity index (χ4n) is 1.79. The van der Waals surface area contributed by atoms with Crippen molar-refractivity contribution in [3.8, 4) is 5.69 Å². The van der Waals surface area contributed by atoms with Crippen LogP contribution in [0, 0.1) is 0 Å². The van der Waals surface area contributed by atoms with Gasteiger partial charge in [0.05, 0.1) is 17.4 Å². The first-order valence-electron chi connectivity index (χ1n) is 5.49. The maximum absolute atomic E-state index is 4.39. The van der Waals surface area contributed by atoms with Crippen molar-refractivity contribution in [3.05, 3.63) is 45.1 Å². The van der Waals surface area contributed by atoms with Gasteiger partial charge in [-0.15, -0.1) is 10.6 Å². The second kappa shape index (κ2) is 4.95. The van der Waals surface area contributed by atoms with E-state index in [4.69, 9.17) is 0 Å². The predicted molar refractivity (Wildman–Crippen MR) is 79.5 cm³/mol. The molecule has 1 aromatic carbocycles. The number of hydrogen-bond acceptors (Lipinski definition) is 5. The number of nitrogens with one attached hydrogen (secondary N) is 2. The molecule has 6 nitrogen and oxygen atoms in total. The van der Waals surface area contributed by atoms with Gasteiger partial charge in [0.1, 0.15) is 4.60 Å². The Morgan fingerprint density at radius 3 is 2.79 bits per heavy atom. The van der Waals surface area contributed by atoms with E-state index in [-0.39, 0.29) is 0 Å². The second-order valence-corrected chi connectivity index (χ2v) is 5.63. The molecule has 0 amide bonds. The van der Waals surface area contributed by atoms with Gasteiger partial charge in [-0.3, -0.25) is 5.01 Å². The van der Waals surface area contributed by atoms with E-state index >= 15 is 0 Å². The third-order valence-corrected chi connectivity index (χ3v) is 3.96. The molecule has 0 atom stereocenters. The van der Waals surface area contributed by atoms with Crippen LogP contribution in [0.15, 0.2) is 44.6 Å². The Bertz CT molecular complexity index is 650. The number of rotatable bonds is 2. The number of halogens is 2. The highest BCUT2D eigenvalue weighted by Crippen LogP contribution is 2.24. The number of hydrazone groups is 1. The molecule has 1 aliphatic rings. The summed E-state index contributed by atoms with van der Waals surface area (Å²) in [6.07, 6.45) is 1.77. The summed E-state index contributed by atoms with van der Waals surface area (Å²) >= 11 is 7.03. The van der Waals surface area contributed by atoms with Gasteiger partial charge in [0, 0.05) is 11.5 Å². The molecule has 2 N–H and O–H groups in total. The van der Waals surface area contributed by atoms with Crippen LogP contribution in [-0.2, 0) is 0 Å². The van der Waals surface area contributed by atoms with Crippen molar-refractivity contribution >= 4 is 37.7 Å². The van der Waals surface area contributed by atoms with E-state index in [1.807, 2.05) is 36.0 Å². The molecule has 0 unspecified atom stereocenters. The minimum atomic E-state index is 0.771. The Morgan fingerprint density at radius 1 is 1.26 bits per heavy atom. The van der Waals surface area contributed by atoms with Crippen LogP contribution in [-0.4, -0.2) is 27.7 Å². The Hall–Kier alpha value is -1.38. The van der Waals surface area contributed by atoms with Crippen LogP contribution < -0.4 is 11.1 Å². The summed E-state index contributed by atoms with van der Waals surface area (Å²) < 4.78 is 3.67. The minimum Gasteiger partial charge on any atom is -0.274 e. The molecule has 19 heavy (non-hydrogen) atoms. The average molecular weight is 386 g/mol. The first-order chi connectivity index (χ1) is 9.16. The lowest BCUT2D eigenvalue weighted by Gasteiger charge is -2.11. The molecule has 0 radical (unpaired) electrons. The molecule has 0 bridgehead atoms. The molecular formula is C11H10Br2N6. The monoisotopic (exact) mass is 384 g/mol. The minimum absolute atomic E-state index is 0.771. The maximum Gasteiger partial charge on any atom is 0.177 e. The molecule has 2 heterocycles. The number of hydrazine groups is 2. The lowest BCUT2D eigenvalue weighted by atomic mass is 10.3. The molecule has 2 aromatic rings. The molecule has 1 aliphatic heterocycles. The van der Waals surface area contributed by atoms with Gasteiger partial charge in [-0.25, -0.2) is 10.2 Å². The Labute approximate surface area is 126 Å². The standard InChI is InChI=1S/C11H10Br2N6/c1-18-11(15-16-17-18)9-6-14-19(10(9)13)8-4-2-3-7(12)5-8/h2-6,16-17H,1H3. The van der Waals surface area contributed by atoms with Crippen LogP contribution in [0.4, 0.5) is 0 Å². The Morgan fingerprint density at radius 2 is 2.11 bits per heavy atom. The highest BCUT2D eigenvalue weighted by atomic mass is 79.9. The van der Waals surface area contributed by atoms with Crippen molar-refractivity contribution in [2.45, 2.75) is 0 Å². The Kier molecular flexibility index (Phi) is 3.29. The SMILES string of the molecule is CN1NNN=C1c1cnn(-c2cccc(Br)c2)c1Br. The molecule has 0 aliphatic carbocycles. The van der Waals surface area contributed by atoms with Gasteiger partial charge in [0.25, 0.3) is 0 Å². The first kappa shape index (κ1) is 12.6. The quantitative estimate of drug-likeness (QED) is 0.830. The van der Waals surface area contributed by atoms with Crippen LogP contribution in [0.5, 0.6) is 0 Å².